The Bertz CT molecular complexity index is 420. The fourth-order valence-electron chi connectivity index (χ4n) is 1.51. The summed E-state index contributed by atoms with van der Waals surface area (Å²) in [5.74, 6) is -0.862. The molecule has 0 aliphatic carbocycles. The highest BCUT2D eigenvalue weighted by molar-refractivity contribution is 5.70. The average molecular weight is 252 g/mol. The molecule has 1 aromatic carbocycles. The Balaban J connectivity index is 2.41. The lowest BCUT2D eigenvalue weighted by molar-refractivity contribution is -0.136. The van der Waals surface area contributed by atoms with Crippen LogP contribution >= 0.6 is 0 Å². The molecule has 4 N–H and O–H groups in total. The smallest absolute Gasteiger partial charge is 0.404 e. The Morgan fingerprint density at radius 1 is 1.28 bits per heavy atom. The van der Waals surface area contributed by atoms with E-state index in [1.54, 1.807) is 12.1 Å². The van der Waals surface area contributed by atoms with Crippen LogP contribution in [0, 0.1) is 0 Å². The predicted molar refractivity (Wildman–Crippen MR) is 65.0 cm³/mol. The molecule has 0 bridgehead atoms. The third-order valence-corrected chi connectivity index (χ3v) is 2.30. The molecule has 0 heterocycles. The first-order valence-electron chi connectivity index (χ1n) is 5.51. The van der Waals surface area contributed by atoms with Gasteiger partial charge in [0.05, 0.1) is 6.42 Å². The third kappa shape index (κ3) is 5.31. The summed E-state index contributed by atoms with van der Waals surface area (Å²) in [5.41, 5.74) is 6.50. The highest BCUT2D eigenvalue weighted by Gasteiger charge is 2.05. The predicted octanol–water partition coefficient (Wildman–Crippen LogP) is 0.499. The summed E-state index contributed by atoms with van der Waals surface area (Å²) in [6, 6.07) is 7.30. The number of ether oxygens (including phenoxy) is 1. The number of carbonyl (C=O) groups excluding carboxylic acids is 1. The van der Waals surface area contributed by atoms with Gasteiger partial charge in [0.2, 0.25) is 0 Å². The largest absolute Gasteiger partial charge is 0.481 e. The number of carboxylic acids is 1. The van der Waals surface area contributed by atoms with E-state index < -0.39 is 12.1 Å². The van der Waals surface area contributed by atoms with Crippen LogP contribution in [0.15, 0.2) is 24.3 Å². The number of carbonyl (C=O) groups is 2. The van der Waals surface area contributed by atoms with Crippen molar-refractivity contribution in [2.45, 2.75) is 13.0 Å². The molecule has 0 radical (unpaired) electrons. The Kier molecular flexibility index (Phi) is 5.66. The van der Waals surface area contributed by atoms with Crippen LogP contribution in [0.3, 0.4) is 0 Å². The third-order valence-electron chi connectivity index (χ3n) is 2.30. The number of amides is 1. The van der Waals surface area contributed by atoms with Crippen LogP contribution in [0.4, 0.5) is 4.79 Å². The number of rotatable bonds is 7. The number of benzene rings is 1. The molecule has 98 valence electrons. The molecule has 0 aliphatic rings. The summed E-state index contributed by atoms with van der Waals surface area (Å²) in [7, 11) is 0. The number of carboxylic acid groups (broad SMARTS) is 1. The second-order valence-corrected chi connectivity index (χ2v) is 3.68. The first-order chi connectivity index (χ1) is 8.59. The second-order valence-electron chi connectivity index (χ2n) is 3.68. The SMILES string of the molecule is NC(=O)OCCNCc1ccccc1CC(=O)O. The molecule has 0 spiro atoms. The van der Waals surface area contributed by atoms with Crippen LogP contribution in [0.2, 0.25) is 0 Å². The minimum atomic E-state index is -0.862. The van der Waals surface area contributed by atoms with Crippen molar-refractivity contribution < 1.29 is 19.4 Å². The molecule has 1 aromatic rings. The number of aliphatic carboxylic acids is 1. The van der Waals surface area contributed by atoms with Gasteiger partial charge in [-0.25, -0.2) is 4.79 Å². The zero-order valence-electron chi connectivity index (χ0n) is 9.89. The molecule has 1 amide bonds. The van der Waals surface area contributed by atoms with Crippen molar-refractivity contribution in [3.05, 3.63) is 35.4 Å². The number of hydrogen-bond donors (Lipinski definition) is 3. The Morgan fingerprint density at radius 3 is 2.56 bits per heavy atom. The normalized spacial score (nSPS) is 10.0. The van der Waals surface area contributed by atoms with Crippen molar-refractivity contribution in [2.75, 3.05) is 13.2 Å². The highest BCUT2D eigenvalue weighted by atomic mass is 16.5. The monoisotopic (exact) mass is 252 g/mol. The van der Waals surface area contributed by atoms with Gasteiger partial charge in [-0.3, -0.25) is 4.79 Å². The van der Waals surface area contributed by atoms with E-state index in [1.807, 2.05) is 12.1 Å². The molecule has 6 nitrogen and oxygen atoms in total. The molecule has 6 heteroatoms. The van der Waals surface area contributed by atoms with E-state index in [0.29, 0.717) is 13.1 Å². The second kappa shape index (κ2) is 7.29. The first-order valence-corrected chi connectivity index (χ1v) is 5.51. The van der Waals surface area contributed by atoms with Crippen LogP contribution in [0.25, 0.3) is 0 Å². The van der Waals surface area contributed by atoms with Crippen molar-refractivity contribution in [2.24, 2.45) is 5.73 Å². The van der Waals surface area contributed by atoms with E-state index in [4.69, 9.17) is 10.8 Å². The molecule has 0 saturated carbocycles. The van der Waals surface area contributed by atoms with Crippen molar-refractivity contribution in [3.63, 3.8) is 0 Å². The number of hydrogen-bond acceptors (Lipinski definition) is 4. The van der Waals surface area contributed by atoms with Gasteiger partial charge in [0, 0.05) is 13.1 Å². The van der Waals surface area contributed by atoms with Gasteiger partial charge in [-0.1, -0.05) is 24.3 Å². The van der Waals surface area contributed by atoms with E-state index in [2.05, 4.69) is 10.1 Å². The van der Waals surface area contributed by atoms with Gasteiger partial charge in [-0.2, -0.15) is 0 Å². The van der Waals surface area contributed by atoms with Crippen LogP contribution in [-0.4, -0.2) is 30.3 Å². The van der Waals surface area contributed by atoms with E-state index in [1.165, 1.54) is 0 Å². The van der Waals surface area contributed by atoms with E-state index in [0.717, 1.165) is 11.1 Å². The fraction of sp³-hybridized carbons (Fsp3) is 0.333. The lowest BCUT2D eigenvalue weighted by Crippen LogP contribution is -2.23. The minimum absolute atomic E-state index is 0.00433. The van der Waals surface area contributed by atoms with Crippen LogP contribution in [0.1, 0.15) is 11.1 Å². The zero-order valence-corrected chi connectivity index (χ0v) is 9.89. The van der Waals surface area contributed by atoms with Crippen molar-refractivity contribution >= 4 is 12.1 Å². The van der Waals surface area contributed by atoms with Gasteiger partial charge in [0.25, 0.3) is 0 Å². The maximum atomic E-state index is 10.7. The lowest BCUT2D eigenvalue weighted by Gasteiger charge is -2.09. The summed E-state index contributed by atoms with van der Waals surface area (Å²) in [5, 5.41) is 11.8. The quantitative estimate of drug-likeness (QED) is 0.613. The van der Waals surface area contributed by atoms with Gasteiger partial charge in [-0.05, 0) is 11.1 Å². The molecule has 0 fully saturated rings. The molecule has 0 aromatic heterocycles. The Morgan fingerprint density at radius 2 is 1.94 bits per heavy atom. The molecular weight excluding hydrogens is 236 g/mol. The highest BCUT2D eigenvalue weighted by Crippen LogP contribution is 2.09. The zero-order chi connectivity index (χ0) is 13.4. The van der Waals surface area contributed by atoms with Gasteiger partial charge >= 0.3 is 12.1 Å². The molecule has 1 rings (SSSR count). The molecule has 18 heavy (non-hydrogen) atoms. The Hall–Kier alpha value is -2.08. The van der Waals surface area contributed by atoms with Gasteiger partial charge in [0.15, 0.2) is 0 Å². The summed E-state index contributed by atoms with van der Waals surface area (Å²) < 4.78 is 4.56. The molecule has 0 unspecified atom stereocenters. The molecular formula is C12H16N2O4. The molecule has 0 aliphatic heterocycles. The topological polar surface area (TPSA) is 102 Å². The molecule has 0 atom stereocenters. The Labute approximate surface area is 105 Å². The molecule has 0 saturated heterocycles. The standard InChI is InChI=1S/C12H16N2O4/c13-12(17)18-6-5-14-8-10-4-2-1-3-9(10)7-11(15)16/h1-4,14H,5-8H2,(H2,13,17)(H,15,16). The first kappa shape index (κ1) is 14.0. The van der Waals surface area contributed by atoms with Gasteiger partial charge in [-0.15, -0.1) is 0 Å². The maximum Gasteiger partial charge on any atom is 0.404 e. The number of nitrogens with one attached hydrogen (secondary N) is 1. The maximum absolute atomic E-state index is 10.7. The van der Waals surface area contributed by atoms with E-state index in [9.17, 15) is 9.59 Å². The minimum Gasteiger partial charge on any atom is -0.481 e. The van der Waals surface area contributed by atoms with E-state index >= 15 is 0 Å². The van der Waals surface area contributed by atoms with Gasteiger partial charge in [0.1, 0.15) is 6.61 Å². The lowest BCUT2D eigenvalue weighted by atomic mass is 10.0. The summed E-state index contributed by atoms with van der Waals surface area (Å²) in [6.07, 6.45) is -0.807. The van der Waals surface area contributed by atoms with Crippen LogP contribution in [0.5, 0.6) is 0 Å². The summed E-state index contributed by atoms with van der Waals surface area (Å²) in [4.78, 5) is 21.0. The number of nitrogens with two attached hydrogens (primary N) is 1. The fourth-order valence-corrected chi connectivity index (χ4v) is 1.51. The average Bonchev–Trinajstić information content (AvgIpc) is 2.29. The summed E-state index contributed by atoms with van der Waals surface area (Å²) in [6.45, 7) is 1.17. The van der Waals surface area contributed by atoms with Gasteiger partial charge < -0.3 is 20.9 Å². The van der Waals surface area contributed by atoms with Crippen LogP contribution < -0.4 is 11.1 Å². The van der Waals surface area contributed by atoms with Crippen molar-refractivity contribution in [1.82, 2.24) is 5.32 Å². The van der Waals surface area contributed by atoms with E-state index in [-0.39, 0.29) is 13.0 Å². The van der Waals surface area contributed by atoms with Crippen molar-refractivity contribution in [3.8, 4) is 0 Å². The summed E-state index contributed by atoms with van der Waals surface area (Å²) >= 11 is 0. The van der Waals surface area contributed by atoms with Crippen molar-refractivity contribution in [1.29, 1.82) is 0 Å². The van der Waals surface area contributed by atoms with Crippen LogP contribution in [-0.2, 0) is 22.5 Å². The number of primary amides is 1.